The molecule has 1 amide bonds. The first-order chi connectivity index (χ1) is 8.45. The standard InChI is InChI=1S/C14H27NO3/c1-5-11-17-12-9-7-6-8-10-15-13(16)18-14(2,3)4/h5H,1,6-12H2,2-4H3,(H,15,16). The molecule has 0 spiro atoms. The first-order valence-corrected chi connectivity index (χ1v) is 6.61. The fourth-order valence-electron chi connectivity index (χ4n) is 1.35. The van der Waals surface area contributed by atoms with E-state index in [4.69, 9.17) is 9.47 Å². The number of unbranched alkanes of at least 4 members (excludes halogenated alkanes) is 3. The van der Waals surface area contributed by atoms with Crippen molar-refractivity contribution in [1.29, 1.82) is 0 Å². The molecule has 0 saturated heterocycles. The molecule has 0 heterocycles. The molecule has 0 unspecified atom stereocenters. The van der Waals surface area contributed by atoms with E-state index in [9.17, 15) is 4.79 Å². The van der Waals surface area contributed by atoms with Crippen LogP contribution in [-0.2, 0) is 9.47 Å². The number of rotatable bonds is 9. The maximum Gasteiger partial charge on any atom is 0.407 e. The van der Waals surface area contributed by atoms with Crippen LogP contribution in [0, 0.1) is 0 Å². The Hall–Kier alpha value is -1.03. The second kappa shape index (κ2) is 9.95. The lowest BCUT2D eigenvalue weighted by atomic mass is 10.2. The molecule has 106 valence electrons. The number of hydrogen-bond acceptors (Lipinski definition) is 3. The van der Waals surface area contributed by atoms with Crippen molar-refractivity contribution in [3.05, 3.63) is 12.7 Å². The highest BCUT2D eigenvalue weighted by molar-refractivity contribution is 5.67. The van der Waals surface area contributed by atoms with Crippen molar-refractivity contribution in [2.75, 3.05) is 19.8 Å². The Balaban J connectivity index is 3.25. The minimum atomic E-state index is -0.424. The zero-order valence-corrected chi connectivity index (χ0v) is 12.0. The lowest BCUT2D eigenvalue weighted by Gasteiger charge is -2.19. The van der Waals surface area contributed by atoms with Crippen LogP contribution in [-0.4, -0.2) is 31.5 Å². The summed E-state index contributed by atoms with van der Waals surface area (Å²) >= 11 is 0. The molecule has 0 rings (SSSR count). The van der Waals surface area contributed by atoms with Crippen molar-refractivity contribution in [1.82, 2.24) is 5.32 Å². The SMILES string of the molecule is C=CCOCCCCCCNC(=O)OC(C)(C)C. The highest BCUT2D eigenvalue weighted by atomic mass is 16.6. The van der Waals surface area contributed by atoms with Gasteiger partial charge >= 0.3 is 6.09 Å². The Kier molecular flexibility index (Phi) is 9.38. The molecule has 0 fully saturated rings. The molecule has 0 bridgehead atoms. The van der Waals surface area contributed by atoms with E-state index >= 15 is 0 Å². The molecule has 0 aromatic carbocycles. The second-order valence-corrected chi connectivity index (χ2v) is 5.21. The average Bonchev–Trinajstić information content (AvgIpc) is 2.24. The van der Waals surface area contributed by atoms with E-state index in [1.54, 1.807) is 6.08 Å². The highest BCUT2D eigenvalue weighted by Gasteiger charge is 2.15. The average molecular weight is 257 g/mol. The van der Waals surface area contributed by atoms with Crippen molar-refractivity contribution >= 4 is 6.09 Å². The summed E-state index contributed by atoms with van der Waals surface area (Å²) in [7, 11) is 0. The number of carbonyl (C=O) groups is 1. The van der Waals surface area contributed by atoms with Crippen LogP contribution in [0.25, 0.3) is 0 Å². The maximum atomic E-state index is 11.3. The van der Waals surface area contributed by atoms with Crippen molar-refractivity contribution in [3.63, 3.8) is 0 Å². The first kappa shape index (κ1) is 17.0. The van der Waals surface area contributed by atoms with Crippen LogP contribution in [0.15, 0.2) is 12.7 Å². The molecule has 0 saturated carbocycles. The minimum Gasteiger partial charge on any atom is -0.444 e. The van der Waals surface area contributed by atoms with Gasteiger partial charge in [0.15, 0.2) is 0 Å². The smallest absolute Gasteiger partial charge is 0.407 e. The summed E-state index contributed by atoms with van der Waals surface area (Å²) in [5, 5.41) is 2.74. The highest BCUT2D eigenvalue weighted by Crippen LogP contribution is 2.06. The van der Waals surface area contributed by atoms with Crippen LogP contribution in [0.5, 0.6) is 0 Å². The van der Waals surface area contributed by atoms with Crippen molar-refractivity contribution in [3.8, 4) is 0 Å². The molecular formula is C14H27NO3. The van der Waals surface area contributed by atoms with Crippen LogP contribution < -0.4 is 5.32 Å². The Morgan fingerprint density at radius 1 is 1.22 bits per heavy atom. The monoisotopic (exact) mass is 257 g/mol. The summed E-state index contributed by atoms with van der Waals surface area (Å²) in [5.74, 6) is 0. The molecule has 0 aliphatic heterocycles. The summed E-state index contributed by atoms with van der Waals surface area (Å²) in [6, 6.07) is 0. The number of alkyl carbamates (subject to hydrolysis) is 1. The Morgan fingerprint density at radius 3 is 2.50 bits per heavy atom. The van der Waals surface area contributed by atoms with E-state index in [0.29, 0.717) is 13.2 Å². The van der Waals surface area contributed by atoms with Gasteiger partial charge in [-0.25, -0.2) is 4.79 Å². The second-order valence-electron chi connectivity index (χ2n) is 5.21. The van der Waals surface area contributed by atoms with Gasteiger partial charge in [0.2, 0.25) is 0 Å². The van der Waals surface area contributed by atoms with Crippen LogP contribution in [0.4, 0.5) is 4.79 Å². The maximum absolute atomic E-state index is 11.3. The third-order valence-electron chi connectivity index (χ3n) is 2.12. The molecule has 0 aromatic rings. The van der Waals surface area contributed by atoms with E-state index in [-0.39, 0.29) is 6.09 Å². The zero-order valence-electron chi connectivity index (χ0n) is 12.0. The van der Waals surface area contributed by atoms with Gasteiger partial charge in [0, 0.05) is 13.2 Å². The minimum absolute atomic E-state index is 0.336. The van der Waals surface area contributed by atoms with E-state index in [2.05, 4.69) is 11.9 Å². The van der Waals surface area contributed by atoms with Crippen LogP contribution in [0.1, 0.15) is 46.5 Å². The fourth-order valence-corrected chi connectivity index (χ4v) is 1.35. The van der Waals surface area contributed by atoms with Gasteiger partial charge in [0.1, 0.15) is 5.60 Å². The molecule has 0 aliphatic carbocycles. The summed E-state index contributed by atoms with van der Waals surface area (Å²) in [6.45, 7) is 11.2. The predicted octanol–water partition coefficient (Wildman–Crippen LogP) is 3.27. The molecular weight excluding hydrogens is 230 g/mol. The molecule has 4 heteroatoms. The van der Waals surface area contributed by atoms with Gasteiger partial charge in [-0.1, -0.05) is 18.9 Å². The topological polar surface area (TPSA) is 47.6 Å². The van der Waals surface area contributed by atoms with Crippen LogP contribution in [0.3, 0.4) is 0 Å². The molecule has 1 N–H and O–H groups in total. The van der Waals surface area contributed by atoms with E-state index < -0.39 is 5.60 Å². The number of amides is 1. The van der Waals surface area contributed by atoms with Gasteiger partial charge in [0.05, 0.1) is 6.61 Å². The van der Waals surface area contributed by atoms with Crippen molar-refractivity contribution in [2.45, 2.75) is 52.1 Å². The molecule has 0 aromatic heterocycles. The third kappa shape index (κ3) is 13.0. The van der Waals surface area contributed by atoms with E-state index in [0.717, 1.165) is 32.3 Å². The number of carbonyl (C=O) groups excluding carboxylic acids is 1. The summed E-state index contributed by atoms with van der Waals surface area (Å²) < 4.78 is 10.4. The summed E-state index contributed by atoms with van der Waals surface area (Å²) in [6.07, 6.45) is 5.66. The van der Waals surface area contributed by atoms with Gasteiger partial charge < -0.3 is 14.8 Å². The molecule has 4 nitrogen and oxygen atoms in total. The van der Waals surface area contributed by atoms with Gasteiger partial charge in [-0.2, -0.15) is 0 Å². The summed E-state index contributed by atoms with van der Waals surface area (Å²) in [5.41, 5.74) is -0.424. The molecule has 0 radical (unpaired) electrons. The van der Waals surface area contributed by atoms with E-state index in [1.807, 2.05) is 20.8 Å². The van der Waals surface area contributed by atoms with Crippen molar-refractivity contribution in [2.24, 2.45) is 0 Å². The van der Waals surface area contributed by atoms with Gasteiger partial charge in [-0.05, 0) is 33.6 Å². The number of nitrogens with one attached hydrogen (secondary N) is 1. The van der Waals surface area contributed by atoms with Crippen LogP contribution >= 0.6 is 0 Å². The molecule has 0 aliphatic rings. The van der Waals surface area contributed by atoms with Gasteiger partial charge in [-0.3, -0.25) is 0 Å². The predicted molar refractivity (Wildman–Crippen MR) is 73.7 cm³/mol. The Bertz CT molecular complexity index is 234. The third-order valence-corrected chi connectivity index (χ3v) is 2.12. The Labute approximate surface area is 111 Å². The quantitative estimate of drug-likeness (QED) is 0.509. The summed E-state index contributed by atoms with van der Waals surface area (Å²) in [4.78, 5) is 11.3. The van der Waals surface area contributed by atoms with Crippen LogP contribution in [0.2, 0.25) is 0 Å². The Morgan fingerprint density at radius 2 is 1.89 bits per heavy atom. The lowest BCUT2D eigenvalue weighted by Crippen LogP contribution is -2.32. The normalized spacial score (nSPS) is 11.1. The fraction of sp³-hybridized carbons (Fsp3) is 0.786. The van der Waals surface area contributed by atoms with Gasteiger partial charge in [-0.15, -0.1) is 6.58 Å². The molecule has 18 heavy (non-hydrogen) atoms. The number of ether oxygens (including phenoxy) is 2. The largest absolute Gasteiger partial charge is 0.444 e. The molecule has 0 atom stereocenters. The van der Waals surface area contributed by atoms with Crippen molar-refractivity contribution < 1.29 is 14.3 Å². The lowest BCUT2D eigenvalue weighted by molar-refractivity contribution is 0.0527. The first-order valence-electron chi connectivity index (χ1n) is 6.61. The van der Waals surface area contributed by atoms with E-state index in [1.165, 1.54) is 0 Å². The number of hydrogen-bond donors (Lipinski definition) is 1. The zero-order chi connectivity index (χ0) is 13.9. The van der Waals surface area contributed by atoms with Gasteiger partial charge in [0.25, 0.3) is 0 Å².